The molecule has 0 aromatic carbocycles. The topological polar surface area (TPSA) is 99.6 Å². The van der Waals surface area contributed by atoms with Crippen LogP contribution in [0, 0.1) is 0 Å². The highest BCUT2D eigenvalue weighted by atomic mass is 32.1. The van der Waals surface area contributed by atoms with Crippen LogP contribution in [0.25, 0.3) is 11.0 Å². The summed E-state index contributed by atoms with van der Waals surface area (Å²) in [5.41, 5.74) is 6.63. The zero-order chi connectivity index (χ0) is 18.7. The van der Waals surface area contributed by atoms with Crippen molar-refractivity contribution in [1.82, 2.24) is 14.6 Å². The molecule has 0 amide bonds. The number of anilines is 1. The standard InChI is InChI=1S/C18H20N4O3S/c1-3-4-5-6-15-21-22-16(19)12(17(24)20-18(22)26-15)9-11-7-8-13(23)14(10-11)25-2/h7-10H,3-6,19H2,1-2H3. The minimum absolute atomic E-state index is 0.207. The number of aryl methyl sites for hydroxylation is 1. The van der Waals surface area contributed by atoms with Gasteiger partial charge in [-0.05, 0) is 30.2 Å². The highest BCUT2D eigenvalue weighted by Crippen LogP contribution is 2.21. The SMILES string of the molecule is CCCCCc1nn2c(N)c(C=C3C=CC(=O)C(OC)=C3)c(=O)nc2s1. The third-order valence-corrected chi connectivity index (χ3v) is 4.99. The van der Waals surface area contributed by atoms with Crippen molar-refractivity contribution in [3.8, 4) is 0 Å². The number of ketones is 1. The van der Waals surface area contributed by atoms with Gasteiger partial charge < -0.3 is 10.5 Å². The van der Waals surface area contributed by atoms with E-state index in [1.54, 1.807) is 18.2 Å². The molecular formula is C18H20N4O3S. The molecule has 0 atom stereocenters. The lowest BCUT2D eigenvalue weighted by molar-refractivity contribution is -0.114. The Labute approximate surface area is 154 Å². The van der Waals surface area contributed by atoms with E-state index in [4.69, 9.17) is 10.5 Å². The fraction of sp³-hybridized carbons (Fsp3) is 0.333. The van der Waals surface area contributed by atoms with E-state index in [0.717, 1.165) is 30.7 Å². The van der Waals surface area contributed by atoms with Crippen LogP contribution in [0.1, 0.15) is 36.8 Å². The van der Waals surface area contributed by atoms with Gasteiger partial charge >= 0.3 is 0 Å². The van der Waals surface area contributed by atoms with Gasteiger partial charge in [-0.1, -0.05) is 37.2 Å². The molecule has 1 aliphatic carbocycles. The molecule has 0 aliphatic heterocycles. The Bertz CT molecular complexity index is 998. The van der Waals surface area contributed by atoms with E-state index in [-0.39, 0.29) is 22.9 Å². The lowest BCUT2D eigenvalue weighted by atomic mass is 10.0. The van der Waals surface area contributed by atoms with Gasteiger partial charge in [0.1, 0.15) is 10.8 Å². The Morgan fingerprint density at radius 1 is 1.31 bits per heavy atom. The number of carbonyl (C=O) groups is 1. The summed E-state index contributed by atoms with van der Waals surface area (Å²) in [7, 11) is 1.42. The van der Waals surface area contributed by atoms with Crippen LogP contribution in [-0.2, 0) is 16.0 Å². The summed E-state index contributed by atoms with van der Waals surface area (Å²) in [5.74, 6) is 0.223. The van der Waals surface area contributed by atoms with E-state index in [1.165, 1.54) is 29.0 Å². The maximum absolute atomic E-state index is 12.4. The quantitative estimate of drug-likeness (QED) is 0.782. The summed E-state index contributed by atoms with van der Waals surface area (Å²) in [6, 6.07) is 0. The molecular weight excluding hydrogens is 352 g/mol. The van der Waals surface area contributed by atoms with E-state index in [1.807, 2.05) is 0 Å². The van der Waals surface area contributed by atoms with Gasteiger partial charge in [-0.2, -0.15) is 14.6 Å². The highest BCUT2D eigenvalue weighted by molar-refractivity contribution is 7.16. The lowest BCUT2D eigenvalue weighted by Crippen LogP contribution is -2.17. The third-order valence-electron chi connectivity index (χ3n) is 4.03. The van der Waals surface area contributed by atoms with Gasteiger partial charge in [0, 0.05) is 6.42 Å². The molecule has 2 N–H and O–H groups in total. The molecule has 0 saturated carbocycles. The van der Waals surface area contributed by atoms with Crippen molar-refractivity contribution < 1.29 is 9.53 Å². The van der Waals surface area contributed by atoms with E-state index < -0.39 is 5.56 Å². The van der Waals surface area contributed by atoms with Crippen LogP contribution in [0.2, 0.25) is 0 Å². The first kappa shape index (κ1) is 18.1. The lowest BCUT2D eigenvalue weighted by Gasteiger charge is -2.08. The molecule has 0 saturated heterocycles. The Balaban J connectivity index is 2.00. The number of methoxy groups -OCH3 is 1. The van der Waals surface area contributed by atoms with Crippen LogP contribution in [0.5, 0.6) is 0 Å². The van der Waals surface area contributed by atoms with Crippen molar-refractivity contribution in [3.63, 3.8) is 0 Å². The Kier molecular flexibility index (Phi) is 5.32. The van der Waals surface area contributed by atoms with Crippen molar-refractivity contribution in [3.05, 3.63) is 50.5 Å². The number of nitrogens with two attached hydrogens (primary N) is 1. The Morgan fingerprint density at radius 3 is 2.85 bits per heavy atom. The molecule has 0 radical (unpaired) electrons. The van der Waals surface area contributed by atoms with E-state index in [9.17, 15) is 9.59 Å². The van der Waals surface area contributed by atoms with Crippen molar-refractivity contribution in [2.75, 3.05) is 12.8 Å². The van der Waals surface area contributed by atoms with Gasteiger partial charge in [0.2, 0.25) is 10.7 Å². The van der Waals surface area contributed by atoms with Crippen molar-refractivity contribution >= 4 is 34.0 Å². The smallest absolute Gasteiger partial charge is 0.283 e. The largest absolute Gasteiger partial charge is 0.493 e. The summed E-state index contributed by atoms with van der Waals surface area (Å²) in [5, 5.41) is 5.40. The van der Waals surface area contributed by atoms with Gasteiger partial charge in [-0.25, -0.2) is 0 Å². The first-order valence-corrected chi connectivity index (χ1v) is 9.23. The van der Waals surface area contributed by atoms with Crippen LogP contribution < -0.4 is 11.3 Å². The molecule has 7 nitrogen and oxygen atoms in total. The monoisotopic (exact) mass is 372 g/mol. The van der Waals surface area contributed by atoms with E-state index >= 15 is 0 Å². The summed E-state index contributed by atoms with van der Waals surface area (Å²) < 4.78 is 6.54. The fourth-order valence-electron chi connectivity index (χ4n) is 2.62. The molecule has 1 aliphatic rings. The number of allylic oxidation sites excluding steroid dienone is 4. The van der Waals surface area contributed by atoms with E-state index in [2.05, 4.69) is 17.0 Å². The zero-order valence-corrected chi connectivity index (χ0v) is 15.5. The average Bonchev–Trinajstić information content (AvgIpc) is 3.03. The number of nitrogen functional groups attached to an aromatic ring is 1. The highest BCUT2D eigenvalue weighted by Gasteiger charge is 2.16. The number of rotatable bonds is 6. The number of aromatic nitrogens is 3. The first-order chi connectivity index (χ1) is 12.5. The number of carbonyl (C=O) groups excluding carboxylic acids is 1. The maximum Gasteiger partial charge on any atom is 0.283 e. The Hall–Kier alpha value is -2.74. The molecule has 0 unspecified atom stereocenters. The summed E-state index contributed by atoms with van der Waals surface area (Å²) in [6.07, 6.45) is 10.3. The second-order valence-corrected chi connectivity index (χ2v) is 6.96. The molecule has 2 heterocycles. The van der Waals surface area contributed by atoms with Gasteiger partial charge in [0.25, 0.3) is 5.56 Å². The van der Waals surface area contributed by atoms with Crippen LogP contribution in [-0.4, -0.2) is 27.5 Å². The number of unbranched alkanes of at least 4 members (excludes halogenated alkanes) is 2. The summed E-state index contributed by atoms with van der Waals surface area (Å²) in [4.78, 5) is 28.6. The van der Waals surface area contributed by atoms with E-state index in [0.29, 0.717) is 10.5 Å². The predicted molar refractivity (Wildman–Crippen MR) is 102 cm³/mol. The van der Waals surface area contributed by atoms with Crippen molar-refractivity contribution in [2.45, 2.75) is 32.6 Å². The predicted octanol–water partition coefficient (Wildman–Crippen LogP) is 2.52. The zero-order valence-electron chi connectivity index (χ0n) is 14.7. The van der Waals surface area contributed by atoms with Crippen LogP contribution >= 0.6 is 11.3 Å². The van der Waals surface area contributed by atoms with Crippen molar-refractivity contribution in [2.24, 2.45) is 0 Å². The third kappa shape index (κ3) is 3.60. The minimum Gasteiger partial charge on any atom is -0.493 e. The van der Waals surface area contributed by atoms with Crippen molar-refractivity contribution in [1.29, 1.82) is 0 Å². The van der Waals surface area contributed by atoms with Crippen LogP contribution in [0.3, 0.4) is 0 Å². The van der Waals surface area contributed by atoms with Gasteiger partial charge in [0.05, 0.1) is 12.7 Å². The second-order valence-electron chi connectivity index (χ2n) is 5.92. The molecule has 0 bridgehead atoms. The summed E-state index contributed by atoms with van der Waals surface area (Å²) in [6.45, 7) is 2.15. The van der Waals surface area contributed by atoms with Gasteiger partial charge in [-0.15, -0.1) is 0 Å². The van der Waals surface area contributed by atoms with Gasteiger partial charge in [0.15, 0.2) is 5.76 Å². The molecule has 0 fully saturated rings. The number of fused-ring (bicyclic) bond motifs is 1. The normalized spacial score (nSPS) is 15.7. The van der Waals surface area contributed by atoms with Crippen LogP contribution in [0.4, 0.5) is 5.82 Å². The number of ether oxygens (including phenoxy) is 1. The second kappa shape index (κ2) is 7.65. The van der Waals surface area contributed by atoms with Crippen LogP contribution in [0.15, 0.2) is 34.4 Å². The fourth-order valence-corrected chi connectivity index (χ4v) is 3.56. The molecule has 8 heteroatoms. The minimum atomic E-state index is -0.420. The molecule has 2 aromatic rings. The average molecular weight is 372 g/mol. The molecule has 2 aromatic heterocycles. The number of hydrogen-bond acceptors (Lipinski definition) is 7. The molecule has 136 valence electrons. The molecule has 0 spiro atoms. The summed E-state index contributed by atoms with van der Waals surface area (Å²) >= 11 is 1.38. The first-order valence-electron chi connectivity index (χ1n) is 8.41. The number of nitrogens with zero attached hydrogens (tertiary/aromatic N) is 3. The maximum atomic E-state index is 12.4. The molecule has 26 heavy (non-hydrogen) atoms. The Morgan fingerprint density at radius 2 is 2.12 bits per heavy atom. The molecule has 3 rings (SSSR count). The van der Waals surface area contributed by atoms with Gasteiger partial charge in [-0.3, -0.25) is 9.59 Å². The number of hydrogen-bond donors (Lipinski definition) is 1.